The number of carbonyl (C=O) groups is 1. The molecular weight excluding hydrogens is 409 g/mol. The molecule has 1 amide bonds. The van der Waals surface area contributed by atoms with Crippen LogP contribution in [0.1, 0.15) is 28.7 Å². The van der Waals surface area contributed by atoms with Gasteiger partial charge in [-0.1, -0.05) is 71.7 Å². The van der Waals surface area contributed by atoms with Crippen LogP contribution in [-0.4, -0.2) is 24.4 Å². The highest BCUT2D eigenvalue weighted by molar-refractivity contribution is 6.34. The van der Waals surface area contributed by atoms with Gasteiger partial charge in [0.25, 0.3) is 0 Å². The number of hydrogen-bond donors (Lipinski definition) is 2. The third kappa shape index (κ3) is 4.25. The second-order valence-corrected chi connectivity index (χ2v) is 7.80. The summed E-state index contributed by atoms with van der Waals surface area (Å²) in [6.45, 7) is 0.215. The summed E-state index contributed by atoms with van der Waals surface area (Å²) in [5.41, 5.74) is 5.17. The molecule has 0 aliphatic heterocycles. The fourth-order valence-corrected chi connectivity index (χ4v) is 4.26. The average Bonchev–Trinajstić information content (AvgIpc) is 3.03. The molecule has 0 heterocycles. The van der Waals surface area contributed by atoms with Crippen molar-refractivity contribution in [2.45, 2.75) is 12.0 Å². The van der Waals surface area contributed by atoms with Crippen LogP contribution in [0.3, 0.4) is 0 Å². The van der Waals surface area contributed by atoms with Gasteiger partial charge in [0.2, 0.25) is 0 Å². The Kier molecular flexibility index (Phi) is 5.76. The number of carbonyl (C=O) groups excluding carboxylic acids is 1. The molecule has 1 unspecified atom stereocenters. The van der Waals surface area contributed by atoms with Crippen molar-refractivity contribution in [3.8, 4) is 11.1 Å². The zero-order chi connectivity index (χ0) is 20.4. The summed E-state index contributed by atoms with van der Waals surface area (Å²) in [7, 11) is 0. The van der Waals surface area contributed by atoms with E-state index in [1.54, 1.807) is 18.2 Å². The lowest BCUT2D eigenvalue weighted by molar-refractivity contribution is 0.128. The first-order chi connectivity index (χ1) is 14.0. The minimum Gasteiger partial charge on any atom is -0.449 e. The van der Waals surface area contributed by atoms with Gasteiger partial charge < -0.3 is 15.2 Å². The van der Waals surface area contributed by atoms with E-state index in [-0.39, 0.29) is 19.1 Å². The van der Waals surface area contributed by atoms with E-state index in [1.807, 2.05) is 24.3 Å². The van der Waals surface area contributed by atoms with Crippen molar-refractivity contribution in [1.82, 2.24) is 5.32 Å². The number of nitrogens with one attached hydrogen (secondary N) is 1. The Labute approximate surface area is 179 Å². The van der Waals surface area contributed by atoms with Gasteiger partial charge in [-0.2, -0.15) is 0 Å². The predicted molar refractivity (Wildman–Crippen MR) is 114 cm³/mol. The largest absolute Gasteiger partial charge is 0.449 e. The summed E-state index contributed by atoms with van der Waals surface area (Å²) < 4.78 is 5.46. The number of amides is 1. The molecule has 0 fully saturated rings. The lowest BCUT2D eigenvalue weighted by atomic mass is 9.98. The SMILES string of the molecule is O=C(NCC(O)c1cc(Cl)cc(Cl)c1)OCC1c2ccccc2-c2ccccc21. The quantitative estimate of drug-likeness (QED) is 0.559. The zero-order valence-corrected chi connectivity index (χ0v) is 17.0. The summed E-state index contributed by atoms with van der Waals surface area (Å²) in [5, 5.41) is 13.7. The van der Waals surface area contributed by atoms with E-state index in [9.17, 15) is 9.90 Å². The fraction of sp³-hybridized carbons (Fsp3) is 0.174. The van der Waals surface area contributed by atoms with Gasteiger partial charge in [-0.15, -0.1) is 0 Å². The smallest absolute Gasteiger partial charge is 0.407 e. The van der Waals surface area contributed by atoms with E-state index in [0.717, 1.165) is 11.1 Å². The maximum atomic E-state index is 12.2. The Balaban J connectivity index is 1.38. The Bertz CT molecular complexity index is 988. The molecule has 0 radical (unpaired) electrons. The predicted octanol–water partition coefficient (Wildman–Crippen LogP) is 5.57. The Morgan fingerprint density at radius 3 is 2.10 bits per heavy atom. The van der Waals surface area contributed by atoms with Crippen molar-refractivity contribution in [2.75, 3.05) is 13.2 Å². The van der Waals surface area contributed by atoms with Crippen LogP contribution in [0.4, 0.5) is 4.79 Å². The molecule has 148 valence electrons. The van der Waals surface area contributed by atoms with Crippen LogP contribution in [-0.2, 0) is 4.74 Å². The molecule has 0 saturated carbocycles. The van der Waals surface area contributed by atoms with Crippen molar-refractivity contribution in [3.63, 3.8) is 0 Å². The maximum absolute atomic E-state index is 12.2. The summed E-state index contributed by atoms with van der Waals surface area (Å²) >= 11 is 11.9. The van der Waals surface area contributed by atoms with Gasteiger partial charge in [-0.25, -0.2) is 4.79 Å². The van der Waals surface area contributed by atoms with Gasteiger partial charge in [0.1, 0.15) is 6.61 Å². The van der Waals surface area contributed by atoms with Gasteiger partial charge in [0, 0.05) is 16.0 Å². The zero-order valence-electron chi connectivity index (χ0n) is 15.4. The van der Waals surface area contributed by atoms with Crippen molar-refractivity contribution < 1.29 is 14.6 Å². The second-order valence-electron chi connectivity index (χ2n) is 6.93. The maximum Gasteiger partial charge on any atom is 0.407 e. The molecule has 29 heavy (non-hydrogen) atoms. The molecule has 0 bridgehead atoms. The highest BCUT2D eigenvalue weighted by atomic mass is 35.5. The van der Waals surface area contributed by atoms with Crippen LogP contribution in [0, 0.1) is 0 Å². The van der Waals surface area contributed by atoms with Gasteiger partial charge in [0.05, 0.1) is 12.6 Å². The normalized spacial score (nSPS) is 13.5. The summed E-state index contributed by atoms with van der Waals surface area (Å²) in [6, 6.07) is 21.1. The van der Waals surface area contributed by atoms with Crippen LogP contribution in [0.5, 0.6) is 0 Å². The van der Waals surface area contributed by atoms with Crippen molar-refractivity contribution in [2.24, 2.45) is 0 Å². The standard InChI is InChI=1S/C23H19Cl2NO3/c24-15-9-14(10-16(25)11-15)22(27)12-26-23(28)29-13-21-19-7-3-1-5-17(19)18-6-2-4-8-20(18)21/h1-11,21-22,27H,12-13H2,(H,26,28). The molecule has 3 aromatic carbocycles. The summed E-state index contributed by atoms with van der Waals surface area (Å²) in [4.78, 5) is 12.2. The molecule has 1 aliphatic carbocycles. The van der Waals surface area contributed by atoms with Crippen LogP contribution in [0.25, 0.3) is 11.1 Å². The minimum absolute atomic E-state index is 0.00660. The molecule has 2 N–H and O–H groups in total. The number of benzene rings is 3. The number of halogens is 2. The number of alkyl carbamates (subject to hydrolysis) is 1. The molecule has 4 nitrogen and oxygen atoms in total. The van der Waals surface area contributed by atoms with Crippen LogP contribution < -0.4 is 5.32 Å². The second kappa shape index (κ2) is 8.46. The Morgan fingerprint density at radius 2 is 1.52 bits per heavy atom. The lowest BCUT2D eigenvalue weighted by Crippen LogP contribution is -2.30. The average molecular weight is 428 g/mol. The van der Waals surface area contributed by atoms with Crippen LogP contribution in [0.15, 0.2) is 66.7 Å². The highest BCUT2D eigenvalue weighted by Gasteiger charge is 2.29. The molecule has 1 aliphatic rings. The molecule has 3 aromatic rings. The molecule has 1 atom stereocenters. The third-order valence-electron chi connectivity index (χ3n) is 5.05. The van der Waals surface area contributed by atoms with E-state index < -0.39 is 12.2 Å². The first-order valence-corrected chi connectivity index (χ1v) is 10.0. The first-order valence-electron chi connectivity index (χ1n) is 9.26. The third-order valence-corrected chi connectivity index (χ3v) is 5.49. The van der Waals surface area contributed by atoms with Gasteiger partial charge in [-0.3, -0.25) is 0 Å². The number of ether oxygens (including phenoxy) is 1. The van der Waals surface area contributed by atoms with E-state index in [1.165, 1.54) is 11.1 Å². The number of fused-ring (bicyclic) bond motifs is 3. The van der Waals surface area contributed by atoms with E-state index in [2.05, 4.69) is 29.6 Å². The molecule has 0 saturated heterocycles. The van der Waals surface area contributed by atoms with E-state index in [0.29, 0.717) is 15.6 Å². The van der Waals surface area contributed by atoms with Crippen molar-refractivity contribution >= 4 is 29.3 Å². The minimum atomic E-state index is -0.938. The summed E-state index contributed by atoms with van der Waals surface area (Å²) in [6.07, 6.45) is -1.52. The number of aliphatic hydroxyl groups is 1. The lowest BCUT2D eigenvalue weighted by Gasteiger charge is -2.16. The number of rotatable bonds is 5. The Hall–Kier alpha value is -2.53. The molecule has 0 aromatic heterocycles. The Morgan fingerprint density at radius 1 is 0.966 bits per heavy atom. The van der Waals surface area contributed by atoms with Gasteiger partial charge in [-0.05, 0) is 46.0 Å². The molecule has 4 rings (SSSR count). The van der Waals surface area contributed by atoms with Crippen molar-refractivity contribution in [1.29, 1.82) is 0 Å². The van der Waals surface area contributed by atoms with Gasteiger partial charge in [0.15, 0.2) is 0 Å². The molecule has 0 spiro atoms. The monoisotopic (exact) mass is 427 g/mol. The first kappa shape index (κ1) is 19.8. The van der Waals surface area contributed by atoms with Crippen LogP contribution in [0.2, 0.25) is 10.0 Å². The van der Waals surface area contributed by atoms with Crippen LogP contribution >= 0.6 is 23.2 Å². The van der Waals surface area contributed by atoms with E-state index in [4.69, 9.17) is 27.9 Å². The molecule has 6 heteroatoms. The topological polar surface area (TPSA) is 58.6 Å². The highest BCUT2D eigenvalue weighted by Crippen LogP contribution is 2.44. The van der Waals surface area contributed by atoms with Gasteiger partial charge >= 0.3 is 6.09 Å². The number of aliphatic hydroxyl groups excluding tert-OH is 1. The number of hydrogen-bond acceptors (Lipinski definition) is 3. The van der Waals surface area contributed by atoms with E-state index >= 15 is 0 Å². The molecular formula is C23H19Cl2NO3. The fourth-order valence-electron chi connectivity index (χ4n) is 3.71. The van der Waals surface area contributed by atoms with Crippen molar-refractivity contribution in [3.05, 3.63) is 93.5 Å². The summed E-state index contributed by atoms with van der Waals surface area (Å²) in [5.74, 6) is -0.00944.